The first kappa shape index (κ1) is 18.0. The SMILES string of the molecule is O=C1OC(c2ccc(Cl)c(Cl)c2)=N/C1=C/c1ccc(-c2ccccc2Br)o1. The van der Waals surface area contributed by atoms with Crippen LogP contribution >= 0.6 is 39.1 Å². The molecular weight excluding hydrogens is 453 g/mol. The van der Waals surface area contributed by atoms with E-state index in [1.807, 2.05) is 30.3 Å². The van der Waals surface area contributed by atoms with E-state index in [1.54, 1.807) is 24.3 Å². The van der Waals surface area contributed by atoms with Crippen LogP contribution in [0.25, 0.3) is 17.4 Å². The number of carbonyl (C=O) groups excluding carboxylic acids is 1. The molecule has 0 fully saturated rings. The lowest BCUT2D eigenvalue weighted by molar-refractivity contribution is -0.129. The molecule has 0 unspecified atom stereocenters. The first-order valence-corrected chi connectivity index (χ1v) is 9.39. The average molecular weight is 463 g/mol. The Morgan fingerprint density at radius 1 is 1.00 bits per heavy atom. The standard InChI is InChI=1S/C20H10BrCl2NO3/c21-14-4-2-1-3-13(14)18-8-6-12(26-18)10-17-20(25)27-19(24-17)11-5-7-15(22)16(23)9-11/h1-10H/b17-10+. The summed E-state index contributed by atoms with van der Waals surface area (Å²) in [4.78, 5) is 16.4. The number of rotatable bonds is 3. The highest BCUT2D eigenvalue weighted by molar-refractivity contribution is 9.10. The number of furan rings is 1. The van der Waals surface area contributed by atoms with Crippen LogP contribution in [0.5, 0.6) is 0 Å². The summed E-state index contributed by atoms with van der Waals surface area (Å²) in [5.41, 5.74) is 1.62. The van der Waals surface area contributed by atoms with Gasteiger partial charge in [-0.3, -0.25) is 0 Å². The molecule has 0 spiro atoms. The van der Waals surface area contributed by atoms with Crippen LogP contribution < -0.4 is 0 Å². The lowest BCUT2D eigenvalue weighted by atomic mass is 10.2. The summed E-state index contributed by atoms with van der Waals surface area (Å²) >= 11 is 15.4. The van der Waals surface area contributed by atoms with Gasteiger partial charge in [0.05, 0.1) is 10.0 Å². The Labute approximate surface area is 173 Å². The molecule has 2 heterocycles. The Kier molecular flexibility index (Phi) is 4.91. The van der Waals surface area contributed by atoms with Gasteiger partial charge in [0.15, 0.2) is 5.70 Å². The van der Waals surface area contributed by atoms with Gasteiger partial charge in [0, 0.05) is 21.7 Å². The number of esters is 1. The van der Waals surface area contributed by atoms with Gasteiger partial charge in [-0.05, 0) is 36.4 Å². The van der Waals surface area contributed by atoms with Crippen LogP contribution in [0.3, 0.4) is 0 Å². The van der Waals surface area contributed by atoms with Crippen molar-refractivity contribution in [2.24, 2.45) is 4.99 Å². The van der Waals surface area contributed by atoms with Crippen LogP contribution in [0.1, 0.15) is 11.3 Å². The zero-order valence-corrected chi connectivity index (χ0v) is 16.7. The fraction of sp³-hybridized carbons (Fsp3) is 0. The topological polar surface area (TPSA) is 51.8 Å². The van der Waals surface area contributed by atoms with Crippen LogP contribution in [-0.4, -0.2) is 11.9 Å². The van der Waals surface area contributed by atoms with Crippen molar-refractivity contribution in [3.05, 3.63) is 86.1 Å². The number of hydrogen-bond acceptors (Lipinski definition) is 4. The zero-order chi connectivity index (χ0) is 19.0. The van der Waals surface area contributed by atoms with E-state index in [0.29, 0.717) is 27.1 Å². The summed E-state index contributed by atoms with van der Waals surface area (Å²) < 4.78 is 12.0. The van der Waals surface area contributed by atoms with Crippen LogP contribution in [0.4, 0.5) is 0 Å². The molecular formula is C20H10BrCl2NO3. The first-order chi connectivity index (χ1) is 13.0. The Morgan fingerprint density at radius 2 is 1.81 bits per heavy atom. The quantitative estimate of drug-likeness (QED) is 0.336. The highest BCUT2D eigenvalue weighted by atomic mass is 79.9. The molecule has 134 valence electrons. The lowest BCUT2D eigenvalue weighted by Gasteiger charge is -2.01. The minimum Gasteiger partial charge on any atom is -0.457 e. The average Bonchev–Trinajstić information content (AvgIpc) is 3.25. The second-order valence-corrected chi connectivity index (χ2v) is 7.32. The highest BCUT2D eigenvalue weighted by Gasteiger charge is 2.25. The van der Waals surface area contributed by atoms with Gasteiger partial charge in [-0.15, -0.1) is 0 Å². The molecule has 0 bridgehead atoms. The molecule has 0 atom stereocenters. The van der Waals surface area contributed by atoms with Gasteiger partial charge in [0.2, 0.25) is 5.90 Å². The summed E-state index contributed by atoms with van der Waals surface area (Å²) in [6, 6.07) is 16.2. The number of nitrogens with zero attached hydrogens (tertiary/aromatic N) is 1. The molecule has 0 aliphatic carbocycles. The number of halogens is 3. The van der Waals surface area contributed by atoms with Gasteiger partial charge in [0.1, 0.15) is 11.5 Å². The largest absolute Gasteiger partial charge is 0.457 e. The molecule has 4 rings (SSSR count). The van der Waals surface area contributed by atoms with Gasteiger partial charge in [0.25, 0.3) is 0 Å². The van der Waals surface area contributed by atoms with E-state index >= 15 is 0 Å². The Morgan fingerprint density at radius 3 is 2.59 bits per heavy atom. The summed E-state index contributed by atoms with van der Waals surface area (Å²) in [7, 11) is 0. The maximum atomic E-state index is 12.1. The Balaban J connectivity index is 1.64. The monoisotopic (exact) mass is 461 g/mol. The van der Waals surface area contributed by atoms with E-state index in [4.69, 9.17) is 32.4 Å². The zero-order valence-electron chi connectivity index (χ0n) is 13.6. The molecule has 7 heteroatoms. The first-order valence-electron chi connectivity index (χ1n) is 7.84. The van der Waals surface area contributed by atoms with Gasteiger partial charge >= 0.3 is 5.97 Å². The molecule has 0 N–H and O–H groups in total. The van der Waals surface area contributed by atoms with Crippen molar-refractivity contribution in [3.8, 4) is 11.3 Å². The van der Waals surface area contributed by atoms with Gasteiger partial charge < -0.3 is 9.15 Å². The number of ether oxygens (including phenoxy) is 1. The molecule has 0 saturated heterocycles. The molecule has 2 aromatic carbocycles. The van der Waals surface area contributed by atoms with E-state index in [0.717, 1.165) is 10.0 Å². The fourth-order valence-corrected chi connectivity index (χ4v) is 3.31. The van der Waals surface area contributed by atoms with E-state index in [-0.39, 0.29) is 11.6 Å². The van der Waals surface area contributed by atoms with Crippen molar-refractivity contribution >= 4 is 57.1 Å². The number of aliphatic imine (C=N–C) groups is 1. The van der Waals surface area contributed by atoms with E-state index < -0.39 is 5.97 Å². The maximum absolute atomic E-state index is 12.1. The van der Waals surface area contributed by atoms with Crippen LogP contribution in [0.15, 0.2) is 74.2 Å². The van der Waals surface area contributed by atoms with Crippen molar-refractivity contribution in [2.45, 2.75) is 0 Å². The molecule has 0 radical (unpaired) electrons. The third-order valence-electron chi connectivity index (χ3n) is 3.83. The summed E-state index contributed by atoms with van der Waals surface area (Å²) in [5, 5.41) is 0.769. The molecule has 1 aliphatic heterocycles. The van der Waals surface area contributed by atoms with Gasteiger partial charge in [-0.2, -0.15) is 0 Å². The predicted octanol–water partition coefficient (Wildman–Crippen LogP) is 6.36. The number of carbonyl (C=O) groups is 1. The van der Waals surface area contributed by atoms with Gasteiger partial charge in [-0.25, -0.2) is 9.79 Å². The van der Waals surface area contributed by atoms with Crippen LogP contribution in [0.2, 0.25) is 10.0 Å². The van der Waals surface area contributed by atoms with E-state index in [2.05, 4.69) is 20.9 Å². The second kappa shape index (κ2) is 7.35. The normalized spacial score (nSPS) is 15.1. The predicted molar refractivity (Wildman–Crippen MR) is 109 cm³/mol. The molecule has 0 amide bonds. The second-order valence-electron chi connectivity index (χ2n) is 5.65. The smallest absolute Gasteiger partial charge is 0.363 e. The molecule has 0 saturated carbocycles. The third-order valence-corrected chi connectivity index (χ3v) is 5.26. The molecule has 1 aromatic heterocycles. The molecule has 27 heavy (non-hydrogen) atoms. The Hall–Kier alpha value is -2.34. The van der Waals surface area contributed by atoms with E-state index in [1.165, 1.54) is 6.08 Å². The minimum absolute atomic E-state index is 0.143. The van der Waals surface area contributed by atoms with Crippen molar-refractivity contribution in [1.29, 1.82) is 0 Å². The van der Waals surface area contributed by atoms with Gasteiger partial charge in [-0.1, -0.05) is 57.3 Å². The van der Waals surface area contributed by atoms with Crippen LogP contribution in [0, 0.1) is 0 Å². The van der Waals surface area contributed by atoms with Crippen molar-refractivity contribution < 1.29 is 13.9 Å². The molecule has 4 nitrogen and oxygen atoms in total. The number of hydrogen-bond donors (Lipinski definition) is 0. The number of benzene rings is 2. The summed E-state index contributed by atoms with van der Waals surface area (Å²) in [5.74, 6) is 0.776. The van der Waals surface area contributed by atoms with Crippen molar-refractivity contribution in [3.63, 3.8) is 0 Å². The van der Waals surface area contributed by atoms with Crippen molar-refractivity contribution in [1.82, 2.24) is 0 Å². The fourth-order valence-electron chi connectivity index (χ4n) is 2.53. The lowest BCUT2D eigenvalue weighted by Crippen LogP contribution is -2.05. The third kappa shape index (κ3) is 3.72. The van der Waals surface area contributed by atoms with E-state index in [9.17, 15) is 4.79 Å². The minimum atomic E-state index is -0.560. The maximum Gasteiger partial charge on any atom is 0.363 e. The van der Waals surface area contributed by atoms with Crippen LogP contribution in [-0.2, 0) is 9.53 Å². The summed E-state index contributed by atoms with van der Waals surface area (Å²) in [6.45, 7) is 0. The highest BCUT2D eigenvalue weighted by Crippen LogP contribution is 2.31. The molecule has 3 aromatic rings. The molecule has 1 aliphatic rings. The Bertz CT molecular complexity index is 1120. The summed E-state index contributed by atoms with van der Waals surface area (Å²) in [6.07, 6.45) is 1.53. The number of cyclic esters (lactones) is 1. The van der Waals surface area contributed by atoms with Crippen molar-refractivity contribution in [2.75, 3.05) is 0 Å².